The number of β-lactam (4-membered cyclic amide) rings is 1. The van der Waals surface area contributed by atoms with E-state index in [1.807, 2.05) is 75.4 Å². The van der Waals surface area contributed by atoms with Crippen molar-refractivity contribution in [3.63, 3.8) is 0 Å². The number of unbranched alkanes of at least 4 members (excludes halogenated alkanes) is 1. The molecule has 2 aromatic rings. The van der Waals surface area contributed by atoms with Crippen LogP contribution in [0.2, 0.25) is 0 Å². The zero-order valence-electron chi connectivity index (χ0n) is 21.5. The van der Waals surface area contributed by atoms with Gasteiger partial charge in [0.1, 0.15) is 23.5 Å². The molecule has 0 aliphatic carbocycles. The van der Waals surface area contributed by atoms with Gasteiger partial charge in [-0.2, -0.15) is 0 Å². The summed E-state index contributed by atoms with van der Waals surface area (Å²) in [7, 11) is 1.60. The molecule has 8 heteroatoms. The second-order valence-electron chi connectivity index (χ2n) is 9.98. The zero-order valence-corrected chi connectivity index (χ0v) is 21.5. The van der Waals surface area contributed by atoms with Gasteiger partial charge in [-0.3, -0.25) is 4.79 Å². The van der Waals surface area contributed by atoms with Crippen molar-refractivity contribution in [2.75, 3.05) is 13.7 Å². The number of hydrogen-bond acceptors (Lipinski definition) is 6. The predicted molar refractivity (Wildman–Crippen MR) is 135 cm³/mol. The second kappa shape index (κ2) is 11.9. The van der Waals surface area contributed by atoms with Crippen LogP contribution in [0.25, 0.3) is 0 Å². The molecule has 1 fully saturated rings. The fourth-order valence-electron chi connectivity index (χ4n) is 4.13. The minimum absolute atomic E-state index is 0.0840. The third kappa shape index (κ3) is 7.23. The number of nitrogens with zero attached hydrogens (tertiary/aromatic N) is 1. The fraction of sp³-hybridized carbons (Fsp3) is 0.464. The van der Waals surface area contributed by atoms with Crippen molar-refractivity contribution in [3.05, 3.63) is 65.7 Å². The molecular formula is C28H36N2O6. The van der Waals surface area contributed by atoms with Crippen molar-refractivity contribution in [1.82, 2.24) is 10.2 Å². The van der Waals surface area contributed by atoms with Crippen LogP contribution in [-0.4, -0.2) is 47.7 Å². The summed E-state index contributed by atoms with van der Waals surface area (Å²) in [5.41, 5.74) is 0.134. The first-order chi connectivity index (χ1) is 17.1. The van der Waals surface area contributed by atoms with Crippen molar-refractivity contribution in [2.45, 2.75) is 70.7 Å². The van der Waals surface area contributed by atoms with Crippen LogP contribution in [0.1, 0.15) is 57.6 Å². The van der Waals surface area contributed by atoms with Gasteiger partial charge in [0.05, 0.1) is 13.5 Å². The molecule has 1 aliphatic rings. The quantitative estimate of drug-likeness (QED) is 0.278. The lowest BCUT2D eigenvalue weighted by molar-refractivity contribution is -0.190. The van der Waals surface area contributed by atoms with Gasteiger partial charge in [-0.15, -0.1) is 0 Å². The topological polar surface area (TPSA) is 94.2 Å². The lowest BCUT2D eigenvalue weighted by Crippen LogP contribution is -2.68. The molecule has 0 saturated carbocycles. The summed E-state index contributed by atoms with van der Waals surface area (Å²) in [6, 6.07) is 16.9. The number of amides is 2. The molecule has 0 bridgehead atoms. The van der Waals surface area contributed by atoms with Gasteiger partial charge < -0.3 is 24.4 Å². The Morgan fingerprint density at radius 1 is 1.00 bits per heavy atom. The summed E-state index contributed by atoms with van der Waals surface area (Å²) in [4.78, 5) is 39.5. The van der Waals surface area contributed by atoms with Gasteiger partial charge in [-0.05, 0) is 63.3 Å². The minimum atomic E-state index is -1.02. The van der Waals surface area contributed by atoms with E-state index in [9.17, 15) is 14.4 Å². The van der Waals surface area contributed by atoms with Gasteiger partial charge >= 0.3 is 12.1 Å². The minimum Gasteiger partial charge on any atom is -0.497 e. The number of methoxy groups -OCH3 is 1. The third-order valence-corrected chi connectivity index (χ3v) is 6.04. The Labute approximate surface area is 212 Å². The van der Waals surface area contributed by atoms with Crippen LogP contribution in [0.4, 0.5) is 4.79 Å². The number of alkyl carbamates (subject to hydrolysis) is 1. The molecule has 1 N–H and O–H groups in total. The number of esters is 1. The Hall–Kier alpha value is -3.55. The van der Waals surface area contributed by atoms with Gasteiger partial charge in [-0.1, -0.05) is 42.5 Å². The van der Waals surface area contributed by atoms with E-state index in [1.54, 1.807) is 12.0 Å². The van der Waals surface area contributed by atoms with E-state index >= 15 is 0 Å². The first-order valence-electron chi connectivity index (χ1n) is 12.2. The molecule has 194 valence electrons. The maximum absolute atomic E-state index is 13.3. The van der Waals surface area contributed by atoms with Gasteiger partial charge in [0, 0.05) is 13.1 Å². The van der Waals surface area contributed by atoms with Crippen molar-refractivity contribution < 1.29 is 28.6 Å². The maximum Gasteiger partial charge on any atom is 0.407 e. The number of likely N-dealkylation sites (tertiary alicyclic amines) is 1. The lowest BCUT2D eigenvalue weighted by atomic mass is 9.78. The zero-order chi connectivity index (χ0) is 26.2. The highest BCUT2D eigenvalue weighted by Crippen LogP contribution is 2.40. The molecule has 1 aliphatic heterocycles. The van der Waals surface area contributed by atoms with Crippen LogP contribution in [0.5, 0.6) is 5.75 Å². The van der Waals surface area contributed by atoms with E-state index in [0.29, 0.717) is 32.4 Å². The summed E-state index contributed by atoms with van der Waals surface area (Å²) in [6.07, 6.45) is 1.34. The van der Waals surface area contributed by atoms with Crippen LogP contribution in [0.15, 0.2) is 54.6 Å². The van der Waals surface area contributed by atoms with E-state index < -0.39 is 23.2 Å². The van der Waals surface area contributed by atoms with Gasteiger partial charge in [-0.25, -0.2) is 9.59 Å². The average Bonchev–Trinajstić information content (AvgIpc) is 2.85. The molecule has 0 aromatic heterocycles. The monoisotopic (exact) mass is 496 g/mol. The van der Waals surface area contributed by atoms with Crippen LogP contribution in [0.3, 0.4) is 0 Å². The van der Waals surface area contributed by atoms with Crippen molar-refractivity contribution in [3.8, 4) is 5.75 Å². The molecule has 1 atom stereocenters. The van der Waals surface area contributed by atoms with E-state index in [-0.39, 0.29) is 18.9 Å². The van der Waals surface area contributed by atoms with Gasteiger partial charge in [0.15, 0.2) is 0 Å². The second-order valence-corrected chi connectivity index (χ2v) is 9.98. The van der Waals surface area contributed by atoms with E-state index in [1.165, 1.54) is 0 Å². The van der Waals surface area contributed by atoms with Gasteiger partial charge in [0.25, 0.3) is 0 Å². The largest absolute Gasteiger partial charge is 0.497 e. The predicted octanol–water partition coefficient (Wildman–Crippen LogP) is 4.60. The molecule has 36 heavy (non-hydrogen) atoms. The number of carbonyl (C=O) groups excluding carboxylic acids is 3. The molecule has 8 nitrogen and oxygen atoms in total. The highest BCUT2D eigenvalue weighted by Gasteiger charge is 2.57. The molecule has 0 spiro atoms. The molecule has 0 radical (unpaired) electrons. The van der Waals surface area contributed by atoms with Crippen LogP contribution in [0, 0.1) is 0 Å². The van der Waals surface area contributed by atoms with Crippen molar-refractivity contribution in [2.24, 2.45) is 0 Å². The van der Waals surface area contributed by atoms with Crippen molar-refractivity contribution >= 4 is 18.0 Å². The van der Waals surface area contributed by atoms with E-state index in [2.05, 4.69) is 5.32 Å². The van der Waals surface area contributed by atoms with E-state index in [4.69, 9.17) is 14.2 Å². The molecule has 1 heterocycles. The standard InChI is InChI=1S/C28H36N2O6/c1-27(2,3)36-25(32)28(18-24(31)30(28)19-21-12-14-23(34-4)15-13-21)16-8-9-17-29-26(33)35-20-22-10-6-5-7-11-22/h5-7,10-15H,8-9,16-20H2,1-4H3,(H,29,33). The Kier molecular flexibility index (Phi) is 8.96. The van der Waals surface area contributed by atoms with Crippen LogP contribution in [-0.2, 0) is 32.2 Å². The average molecular weight is 497 g/mol. The smallest absolute Gasteiger partial charge is 0.407 e. The normalized spacial score (nSPS) is 17.2. The van der Waals surface area contributed by atoms with Crippen LogP contribution >= 0.6 is 0 Å². The first kappa shape index (κ1) is 27.0. The maximum atomic E-state index is 13.3. The number of hydrogen-bond donors (Lipinski definition) is 1. The fourth-order valence-corrected chi connectivity index (χ4v) is 4.13. The molecule has 2 aromatic carbocycles. The first-order valence-corrected chi connectivity index (χ1v) is 12.2. The Morgan fingerprint density at radius 3 is 2.31 bits per heavy atom. The summed E-state index contributed by atoms with van der Waals surface area (Å²) in [6.45, 7) is 6.38. The number of rotatable bonds is 11. The molecule has 3 rings (SSSR count). The molecular weight excluding hydrogens is 460 g/mol. The van der Waals surface area contributed by atoms with Crippen molar-refractivity contribution in [1.29, 1.82) is 0 Å². The highest BCUT2D eigenvalue weighted by molar-refractivity contribution is 5.99. The van der Waals surface area contributed by atoms with Crippen LogP contribution < -0.4 is 10.1 Å². The summed E-state index contributed by atoms with van der Waals surface area (Å²) >= 11 is 0. The summed E-state index contributed by atoms with van der Waals surface area (Å²) in [5.74, 6) is 0.250. The summed E-state index contributed by atoms with van der Waals surface area (Å²) < 4.78 is 16.2. The number of carbonyl (C=O) groups is 3. The number of nitrogens with one attached hydrogen (secondary N) is 1. The third-order valence-electron chi connectivity index (χ3n) is 6.04. The molecule has 1 saturated heterocycles. The molecule has 2 amide bonds. The van der Waals surface area contributed by atoms with E-state index in [0.717, 1.165) is 16.9 Å². The number of ether oxygens (including phenoxy) is 3. The Morgan fingerprint density at radius 2 is 1.69 bits per heavy atom. The number of benzene rings is 2. The SMILES string of the molecule is COc1ccc(CN2C(=O)CC2(CCCCNC(=O)OCc2ccccc2)C(=O)OC(C)(C)C)cc1. The van der Waals surface area contributed by atoms with Gasteiger partial charge in [0.2, 0.25) is 5.91 Å². The highest BCUT2D eigenvalue weighted by atomic mass is 16.6. The Balaban J connectivity index is 1.56. The summed E-state index contributed by atoms with van der Waals surface area (Å²) in [5, 5.41) is 2.74. The Bertz CT molecular complexity index is 1030. The lowest BCUT2D eigenvalue weighted by Gasteiger charge is -2.50. The molecule has 1 unspecified atom stereocenters.